The molecule has 0 saturated heterocycles. The second-order valence-corrected chi connectivity index (χ2v) is 8.36. The van der Waals surface area contributed by atoms with Gasteiger partial charge in [0.2, 0.25) is 0 Å². The number of sulfonamides is 1. The van der Waals surface area contributed by atoms with Crippen molar-refractivity contribution < 1.29 is 47.9 Å². The van der Waals surface area contributed by atoms with Crippen molar-refractivity contribution in [3.05, 3.63) is 71.8 Å². The van der Waals surface area contributed by atoms with Crippen LogP contribution in [0, 0.1) is 0 Å². The van der Waals surface area contributed by atoms with E-state index in [0.717, 1.165) is 16.9 Å². The van der Waals surface area contributed by atoms with E-state index in [2.05, 4.69) is 0 Å². The van der Waals surface area contributed by atoms with Crippen molar-refractivity contribution in [1.82, 2.24) is 4.72 Å². The van der Waals surface area contributed by atoms with Crippen LogP contribution in [0.5, 0.6) is 0 Å². The van der Waals surface area contributed by atoms with Crippen molar-refractivity contribution in [3.8, 4) is 0 Å². The van der Waals surface area contributed by atoms with Gasteiger partial charge in [-0.15, -0.1) is 0 Å². The van der Waals surface area contributed by atoms with Gasteiger partial charge in [0.1, 0.15) is 0 Å². The standard InChI is InChI=1S/C18H15F9N2O2S/c19-15(20,17(23,24)25)16(21,22)18(26,27)32(30,31)29-14(12-9-5-2-6-10-12)13(28)11-7-3-1-4-8-11/h1-10,13-14,29H,28H2/t13-,14-/m0/s1. The Morgan fingerprint density at radius 3 is 1.50 bits per heavy atom. The van der Waals surface area contributed by atoms with E-state index in [1.54, 1.807) is 0 Å². The van der Waals surface area contributed by atoms with Gasteiger partial charge in [0.05, 0.1) is 12.1 Å². The highest BCUT2D eigenvalue weighted by Gasteiger charge is 2.85. The fourth-order valence-electron chi connectivity index (χ4n) is 2.65. The Kier molecular flexibility index (Phi) is 6.93. The molecule has 0 radical (unpaired) electrons. The van der Waals surface area contributed by atoms with Crippen LogP contribution >= 0.6 is 0 Å². The summed E-state index contributed by atoms with van der Waals surface area (Å²) in [5.74, 6) is -14.7. The first kappa shape index (κ1) is 25.9. The molecule has 0 unspecified atom stereocenters. The molecule has 14 heteroatoms. The molecule has 0 fully saturated rings. The van der Waals surface area contributed by atoms with E-state index < -0.39 is 45.4 Å². The lowest BCUT2D eigenvalue weighted by molar-refractivity contribution is -0.382. The second-order valence-electron chi connectivity index (χ2n) is 6.61. The minimum Gasteiger partial charge on any atom is -0.322 e. The minimum absolute atomic E-state index is 0.125. The second kappa shape index (κ2) is 8.56. The van der Waals surface area contributed by atoms with E-state index >= 15 is 0 Å². The van der Waals surface area contributed by atoms with E-state index in [9.17, 15) is 47.9 Å². The van der Waals surface area contributed by atoms with Crippen molar-refractivity contribution >= 4 is 10.0 Å². The molecule has 0 aromatic heterocycles. The van der Waals surface area contributed by atoms with Gasteiger partial charge < -0.3 is 5.73 Å². The summed E-state index contributed by atoms with van der Waals surface area (Å²) < 4.78 is 144. The van der Waals surface area contributed by atoms with E-state index in [0.29, 0.717) is 0 Å². The molecule has 32 heavy (non-hydrogen) atoms. The minimum atomic E-state index is -7.36. The lowest BCUT2D eigenvalue weighted by Crippen LogP contribution is -2.65. The summed E-state index contributed by atoms with van der Waals surface area (Å²) in [6.07, 6.45) is -7.16. The van der Waals surface area contributed by atoms with Crippen LogP contribution in [0.15, 0.2) is 60.7 Å². The monoisotopic (exact) mass is 494 g/mol. The topological polar surface area (TPSA) is 72.2 Å². The quantitative estimate of drug-likeness (QED) is 0.520. The Labute approximate surface area is 176 Å². The summed E-state index contributed by atoms with van der Waals surface area (Å²) in [5, 5.41) is -6.87. The number of halogens is 9. The van der Waals surface area contributed by atoms with Gasteiger partial charge in [0.25, 0.3) is 10.0 Å². The van der Waals surface area contributed by atoms with E-state index in [-0.39, 0.29) is 11.1 Å². The number of alkyl halides is 9. The van der Waals surface area contributed by atoms with Gasteiger partial charge >= 0.3 is 23.3 Å². The predicted octanol–water partition coefficient (Wildman–Crippen LogP) is 4.77. The summed E-state index contributed by atoms with van der Waals surface area (Å²) in [6.45, 7) is 0. The van der Waals surface area contributed by atoms with Crippen LogP contribution in [0.3, 0.4) is 0 Å². The van der Waals surface area contributed by atoms with E-state index in [4.69, 9.17) is 5.73 Å². The molecule has 0 aliphatic carbocycles. The first-order chi connectivity index (χ1) is 14.5. The third-order valence-corrected chi connectivity index (χ3v) is 5.93. The predicted molar refractivity (Wildman–Crippen MR) is 95.5 cm³/mol. The Morgan fingerprint density at radius 1 is 0.688 bits per heavy atom. The van der Waals surface area contributed by atoms with E-state index in [1.807, 2.05) is 0 Å². The molecule has 0 aliphatic rings. The van der Waals surface area contributed by atoms with Crippen LogP contribution in [0.4, 0.5) is 39.5 Å². The van der Waals surface area contributed by atoms with Gasteiger partial charge in [0.15, 0.2) is 0 Å². The number of benzene rings is 2. The molecule has 0 amide bonds. The fourth-order valence-corrected chi connectivity index (χ4v) is 3.88. The molecule has 2 aromatic carbocycles. The molecule has 0 heterocycles. The van der Waals surface area contributed by atoms with Gasteiger partial charge in [0, 0.05) is 0 Å². The van der Waals surface area contributed by atoms with Gasteiger partial charge in [-0.1, -0.05) is 60.7 Å². The molecular formula is C18H15F9N2O2S. The van der Waals surface area contributed by atoms with Crippen molar-refractivity contribution in [2.75, 3.05) is 0 Å². The Morgan fingerprint density at radius 2 is 1.09 bits per heavy atom. The van der Waals surface area contributed by atoms with Crippen LogP contribution in [0.2, 0.25) is 0 Å². The average Bonchev–Trinajstić information content (AvgIpc) is 2.71. The molecule has 2 aromatic rings. The summed E-state index contributed by atoms with van der Waals surface area (Å²) in [5.41, 5.74) is 5.88. The molecule has 0 bridgehead atoms. The SMILES string of the molecule is N[C@@H](c1ccccc1)[C@@H](NS(=O)(=O)C(F)(F)C(F)(F)C(F)(F)C(F)(F)F)c1ccccc1. The average molecular weight is 494 g/mol. The molecular weight excluding hydrogens is 479 g/mol. The molecule has 2 atom stereocenters. The zero-order valence-corrected chi connectivity index (χ0v) is 16.4. The maximum atomic E-state index is 14.1. The van der Waals surface area contributed by atoms with Crippen molar-refractivity contribution in [3.63, 3.8) is 0 Å². The molecule has 4 nitrogen and oxygen atoms in total. The summed E-state index contributed by atoms with van der Waals surface area (Å²) in [4.78, 5) is 0. The number of nitrogens with one attached hydrogen (secondary N) is 1. The maximum Gasteiger partial charge on any atom is 0.460 e. The zero-order chi connectivity index (χ0) is 24.6. The van der Waals surface area contributed by atoms with Crippen LogP contribution in [-0.2, 0) is 10.0 Å². The highest BCUT2D eigenvalue weighted by Crippen LogP contribution is 2.54. The molecule has 178 valence electrons. The maximum absolute atomic E-state index is 14.1. The van der Waals surface area contributed by atoms with Crippen LogP contribution < -0.4 is 10.5 Å². The first-order valence-electron chi connectivity index (χ1n) is 8.55. The van der Waals surface area contributed by atoms with Crippen molar-refractivity contribution in [1.29, 1.82) is 0 Å². The zero-order valence-electron chi connectivity index (χ0n) is 15.6. The van der Waals surface area contributed by atoms with Crippen molar-refractivity contribution in [2.24, 2.45) is 5.73 Å². The molecule has 0 aliphatic heterocycles. The number of nitrogens with two attached hydrogens (primary N) is 1. The Hall–Kier alpha value is -2.32. The van der Waals surface area contributed by atoms with Crippen LogP contribution in [-0.4, -0.2) is 31.7 Å². The van der Waals surface area contributed by atoms with Gasteiger partial charge in [-0.3, -0.25) is 0 Å². The van der Waals surface area contributed by atoms with Crippen molar-refractivity contribution in [2.45, 2.75) is 35.4 Å². The normalized spacial score (nSPS) is 15.9. The van der Waals surface area contributed by atoms with Gasteiger partial charge in [-0.25, -0.2) is 13.1 Å². The summed E-state index contributed by atoms with van der Waals surface area (Å²) in [7, 11) is -6.85. The summed E-state index contributed by atoms with van der Waals surface area (Å²) in [6, 6.07) is 9.97. The number of hydrogen-bond donors (Lipinski definition) is 2. The smallest absolute Gasteiger partial charge is 0.322 e. The molecule has 0 saturated carbocycles. The number of hydrogen-bond acceptors (Lipinski definition) is 3. The van der Waals surface area contributed by atoms with Crippen LogP contribution in [0.25, 0.3) is 0 Å². The number of rotatable bonds is 8. The van der Waals surface area contributed by atoms with Crippen LogP contribution in [0.1, 0.15) is 23.2 Å². The molecule has 0 spiro atoms. The Balaban J connectivity index is 2.54. The lowest BCUT2D eigenvalue weighted by Gasteiger charge is -2.34. The third-order valence-electron chi connectivity index (χ3n) is 4.44. The highest BCUT2D eigenvalue weighted by molar-refractivity contribution is 7.90. The third kappa shape index (κ3) is 4.43. The lowest BCUT2D eigenvalue weighted by atomic mass is 9.95. The highest BCUT2D eigenvalue weighted by atomic mass is 32.2. The Bertz CT molecular complexity index is 1010. The molecule has 2 rings (SSSR count). The first-order valence-corrected chi connectivity index (χ1v) is 10.0. The fraction of sp³-hybridized carbons (Fsp3) is 0.333. The summed E-state index contributed by atoms with van der Waals surface area (Å²) >= 11 is 0. The molecule has 3 N–H and O–H groups in total. The van der Waals surface area contributed by atoms with E-state index in [1.165, 1.54) is 48.5 Å². The van der Waals surface area contributed by atoms with Gasteiger partial charge in [-0.05, 0) is 11.1 Å². The van der Waals surface area contributed by atoms with Gasteiger partial charge in [-0.2, -0.15) is 39.5 Å². The largest absolute Gasteiger partial charge is 0.460 e.